The minimum absolute atomic E-state index is 0.0669. The molecule has 0 aliphatic heterocycles. The standard InChI is InChI=1S/C11H9ClN4O3/c12-10-2-1-8(13)3-7(10)5-15-6-9(16(18)19)4-14-11(15)17/h1-4,6H,5,13H2. The molecule has 0 saturated carbocycles. The lowest BCUT2D eigenvalue weighted by molar-refractivity contribution is -0.385. The molecule has 0 bridgehead atoms. The molecule has 0 fully saturated rings. The fourth-order valence-electron chi connectivity index (χ4n) is 1.55. The lowest BCUT2D eigenvalue weighted by Crippen LogP contribution is -2.23. The van der Waals surface area contributed by atoms with Gasteiger partial charge in [0.05, 0.1) is 17.7 Å². The zero-order valence-electron chi connectivity index (χ0n) is 9.62. The summed E-state index contributed by atoms with van der Waals surface area (Å²) in [5, 5.41) is 11.1. The summed E-state index contributed by atoms with van der Waals surface area (Å²) in [6.45, 7) is 0.0669. The summed E-state index contributed by atoms with van der Waals surface area (Å²) in [4.78, 5) is 25.0. The van der Waals surface area contributed by atoms with Crippen molar-refractivity contribution >= 4 is 23.0 Å². The number of halogens is 1. The highest BCUT2D eigenvalue weighted by Crippen LogP contribution is 2.19. The summed E-state index contributed by atoms with van der Waals surface area (Å²) in [6.07, 6.45) is 2.04. The van der Waals surface area contributed by atoms with Gasteiger partial charge in [-0.15, -0.1) is 0 Å². The van der Waals surface area contributed by atoms with Crippen LogP contribution in [-0.4, -0.2) is 14.5 Å². The van der Waals surface area contributed by atoms with E-state index in [1.54, 1.807) is 18.2 Å². The zero-order valence-corrected chi connectivity index (χ0v) is 10.4. The SMILES string of the molecule is Nc1ccc(Cl)c(Cn2cc([N+](=O)[O-])cnc2=O)c1. The Morgan fingerprint density at radius 2 is 2.21 bits per heavy atom. The molecular formula is C11H9ClN4O3. The molecule has 0 aliphatic carbocycles. The molecule has 7 nitrogen and oxygen atoms in total. The maximum absolute atomic E-state index is 11.5. The average Bonchev–Trinajstić information content (AvgIpc) is 2.36. The Labute approximate surface area is 112 Å². The fraction of sp³-hybridized carbons (Fsp3) is 0.0909. The normalized spacial score (nSPS) is 10.4. The van der Waals surface area contributed by atoms with Crippen LogP contribution in [0.3, 0.4) is 0 Å². The first-order valence-corrected chi connectivity index (χ1v) is 5.60. The average molecular weight is 281 g/mol. The molecule has 2 aromatic rings. The van der Waals surface area contributed by atoms with E-state index in [1.807, 2.05) is 0 Å². The minimum Gasteiger partial charge on any atom is -0.399 e. The number of aromatic nitrogens is 2. The Kier molecular flexibility index (Phi) is 3.48. The summed E-state index contributed by atoms with van der Waals surface area (Å²) in [6, 6.07) is 4.83. The second-order valence-corrected chi connectivity index (χ2v) is 4.24. The minimum atomic E-state index is -0.621. The lowest BCUT2D eigenvalue weighted by atomic mass is 10.2. The fourth-order valence-corrected chi connectivity index (χ4v) is 1.73. The Bertz CT molecular complexity index is 699. The molecule has 19 heavy (non-hydrogen) atoms. The monoisotopic (exact) mass is 280 g/mol. The van der Waals surface area contributed by atoms with Crippen LogP contribution in [0.15, 0.2) is 35.4 Å². The van der Waals surface area contributed by atoms with Crippen LogP contribution in [0.1, 0.15) is 5.56 Å². The molecule has 1 aromatic carbocycles. The van der Waals surface area contributed by atoms with Gasteiger partial charge in [0.15, 0.2) is 0 Å². The van der Waals surface area contributed by atoms with E-state index in [2.05, 4.69) is 4.98 Å². The zero-order chi connectivity index (χ0) is 14.0. The van der Waals surface area contributed by atoms with Crippen LogP contribution in [0.2, 0.25) is 5.02 Å². The summed E-state index contributed by atoms with van der Waals surface area (Å²) < 4.78 is 1.11. The Morgan fingerprint density at radius 3 is 2.89 bits per heavy atom. The summed E-state index contributed by atoms with van der Waals surface area (Å²) in [5.74, 6) is 0. The first-order chi connectivity index (χ1) is 8.97. The van der Waals surface area contributed by atoms with E-state index in [0.717, 1.165) is 17.0 Å². The van der Waals surface area contributed by atoms with Gasteiger partial charge in [-0.3, -0.25) is 14.7 Å². The van der Waals surface area contributed by atoms with Crippen LogP contribution in [0.25, 0.3) is 0 Å². The van der Waals surface area contributed by atoms with Crippen LogP contribution < -0.4 is 11.4 Å². The number of anilines is 1. The first kappa shape index (κ1) is 13.0. The summed E-state index contributed by atoms with van der Waals surface area (Å²) in [5.41, 5.74) is 5.85. The van der Waals surface area contributed by atoms with Gasteiger partial charge in [0.2, 0.25) is 0 Å². The van der Waals surface area contributed by atoms with Gasteiger partial charge in [-0.25, -0.2) is 4.79 Å². The van der Waals surface area contributed by atoms with Gasteiger partial charge in [-0.1, -0.05) is 11.6 Å². The van der Waals surface area contributed by atoms with E-state index >= 15 is 0 Å². The highest BCUT2D eigenvalue weighted by molar-refractivity contribution is 6.31. The van der Waals surface area contributed by atoms with Crippen molar-refractivity contribution in [3.05, 3.63) is 61.8 Å². The first-order valence-electron chi connectivity index (χ1n) is 5.22. The highest BCUT2D eigenvalue weighted by atomic mass is 35.5. The predicted octanol–water partition coefficient (Wildman–Crippen LogP) is 1.44. The van der Waals surface area contributed by atoms with Crippen LogP contribution in [0, 0.1) is 10.1 Å². The van der Waals surface area contributed by atoms with Crippen LogP contribution in [-0.2, 0) is 6.54 Å². The molecule has 0 atom stereocenters. The molecule has 8 heteroatoms. The molecule has 1 aromatic heterocycles. The number of nitrogens with two attached hydrogens (primary N) is 1. The highest BCUT2D eigenvalue weighted by Gasteiger charge is 2.10. The molecule has 98 valence electrons. The Morgan fingerprint density at radius 1 is 1.47 bits per heavy atom. The molecule has 2 rings (SSSR count). The molecular weight excluding hydrogens is 272 g/mol. The maximum atomic E-state index is 11.5. The van der Waals surface area contributed by atoms with Crippen LogP contribution >= 0.6 is 11.6 Å². The second-order valence-electron chi connectivity index (χ2n) is 3.83. The second kappa shape index (κ2) is 5.07. The van der Waals surface area contributed by atoms with Gasteiger partial charge in [-0.05, 0) is 23.8 Å². The topological polar surface area (TPSA) is 104 Å². The smallest absolute Gasteiger partial charge is 0.348 e. The summed E-state index contributed by atoms with van der Waals surface area (Å²) in [7, 11) is 0. The van der Waals surface area contributed by atoms with Gasteiger partial charge in [-0.2, -0.15) is 4.98 Å². The van der Waals surface area contributed by atoms with Crippen molar-refractivity contribution in [2.45, 2.75) is 6.54 Å². The molecule has 0 saturated heterocycles. The van der Waals surface area contributed by atoms with E-state index < -0.39 is 10.6 Å². The molecule has 0 unspecified atom stereocenters. The quantitative estimate of drug-likeness (QED) is 0.520. The molecule has 0 radical (unpaired) electrons. The molecule has 0 aliphatic rings. The Hall–Kier alpha value is -2.41. The molecule has 0 spiro atoms. The number of rotatable bonds is 3. The van der Waals surface area contributed by atoms with Crippen molar-refractivity contribution in [3.8, 4) is 0 Å². The molecule has 1 heterocycles. The third-order valence-corrected chi connectivity index (χ3v) is 2.83. The number of nitrogens with zero attached hydrogens (tertiary/aromatic N) is 3. The van der Waals surface area contributed by atoms with Gasteiger partial charge in [0, 0.05) is 10.7 Å². The van der Waals surface area contributed by atoms with E-state index in [0.29, 0.717) is 16.3 Å². The van der Waals surface area contributed by atoms with E-state index in [9.17, 15) is 14.9 Å². The largest absolute Gasteiger partial charge is 0.399 e. The van der Waals surface area contributed by atoms with Crippen molar-refractivity contribution in [2.75, 3.05) is 5.73 Å². The van der Waals surface area contributed by atoms with Gasteiger partial charge >= 0.3 is 11.4 Å². The molecule has 0 amide bonds. The van der Waals surface area contributed by atoms with Crippen molar-refractivity contribution in [1.82, 2.24) is 9.55 Å². The van der Waals surface area contributed by atoms with Gasteiger partial charge < -0.3 is 5.73 Å². The number of hydrogen-bond donors (Lipinski definition) is 1. The molecule has 2 N–H and O–H groups in total. The predicted molar refractivity (Wildman–Crippen MR) is 70.1 cm³/mol. The van der Waals surface area contributed by atoms with Crippen molar-refractivity contribution in [3.63, 3.8) is 0 Å². The van der Waals surface area contributed by atoms with E-state index in [-0.39, 0.29) is 12.2 Å². The third-order valence-electron chi connectivity index (χ3n) is 2.46. The number of hydrogen-bond acceptors (Lipinski definition) is 5. The van der Waals surface area contributed by atoms with E-state index in [1.165, 1.54) is 0 Å². The number of nitro groups is 1. The van der Waals surface area contributed by atoms with Gasteiger partial charge in [0.1, 0.15) is 6.20 Å². The van der Waals surface area contributed by atoms with Crippen LogP contribution in [0.4, 0.5) is 11.4 Å². The van der Waals surface area contributed by atoms with E-state index in [4.69, 9.17) is 17.3 Å². The van der Waals surface area contributed by atoms with Crippen molar-refractivity contribution < 1.29 is 4.92 Å². The van der Waals surface area contributed by atoms with Crippen molar-refractivity contribution in [2.24, 2.45) is 0 Å². The third kappa shape index (κ3) is 2.89. The number of nitrogen functional groups attached to an aromatic ring is 1. The van der Waals surface area contributed by atoms with Gasteiger partial charge in [0.25, 0.3) is 0 Å². The maximum Gasteiger partial charge on any atom is 0.348 e. The summed E-state index contributed by atoms with van der Waals surface area (Å²) >= 11 is 5.98. The van der Waals surface area contributed by atoms with Crippen LogP contribution in [0.5, 0.6) is 0 Å². The van der Waals surface area contributed by atoms with Crippen molar-refractivity contribution in [1.29, 1.82) is 0 Å². The number of benzene rings is 1. The lowest BCUT2D eigenvalue weighted by Gasteiger charge is -2.07. The Balaban J connectivity index is 2.43.